The molecule has 2 unspecified atom stereocenters. The van der Waals surface area contributed by atoms with Gasteiger partial charge in [0.05, 0.1) is 33.8 Å². The monoisotopic (exact) mass is 1330 g/mol. The quantitative estimate of drug-likeness (QED) is 0.0305. The van der Waals surface area contributed by atoms with Crippen molar-refractivity contribution < 1.29 is 69.9 Å². The molecule has 478 valence electrons. The molecule has 25 nitrogen and oxygen atoms in total. The van der Waals surface area contributed by atoms with Gasteiger partial charge >= 0.3 is 21.3 Å². The van der Waals surface area contributed by atoms with E-state index in [4.69, 9.17) is 69.5 Å². The van der Waals surface area contributed by atoms with Gasteiger partial charge in [-0.25, -0.2) is 18.9 Å². The van der Waals surface area contributed by atoms with Gasteiger partial charge in [-0.1, -0.05) is 110 Å². The number of fused-ring (bicyclic) bond motifs is 1. The lowest BCUT2D eigenvalue weighted by Gasteiger charge is -2.37. The van der Waals surface area contributed by atoms with E-state index < -0.39 is 93.7 Å². The molecule has 8 atom stereocenters. The van der Waals surface area contributed by atoms with Crippen LogP contribution in [0.5, 0.6) is 23.0 Å². The molecule has 6 aromatic carbocycles. The number of phosphoric acid groups is 2. The molecule has 2 fully saturated rings. The molecule has 92 heavy (non-hydrogen) atoms. The summed E-state index contributed by atoms with van der Waals surface area (Å²) in [5.41, 5.74) is -0.869. The van der Waals surface area contributed by atoms with E-state index in [0.29, 0.717) is 43.8 Å². The van der Waals surface area contributed by atoms with Gasteiger partial charge in [0.2, 0.25) is 11.9 Å². The van der Waals surface area contributed by atoms with Crippen molar-refractivity contribution >= 4 is 73.6 Å². The molecule has 0 saturated carbocycles. The van der Waals surface area contributed by atoms with Gasteiger partial charge < -0.3 is 38.0 Å². The van der Waals surface area contributed by atoms with Crippen molar-refractivity contribution in [2.45, 2.75) is 69.2 Å². The number of anilines is 2. The van der Waals surface area contributed by atoms with E-state index in [0.717, 1.165) is 0 Å². The highest BCUT2D eigenvalue weighted by Crippen LogP contribution is 2.55. The number of hydrogen-bond donors (Lipinski definition) is 4. The van der Waals surface area contributed by atoms with Crippen molar-refractivity contribution in [1.82, 2.24) is 29.1 Å². The van der Waals surface area contributed by atoms with Crippen LogP contribution in [0, 0.1) is 5.92 Å². The van der Waals surface area contributed by atoms with Crippen LogP contribution in [0.1, 0.15) is 66.2 Å². The summed E-state index contributed by atoms with van der Waals surface area (Å²) >= 11 is 12.4. The number of imidazole rings is 1. The number of nitrogens with zero attached hydrogens (tertiary/aromatic N) is 5. The molecule has 0 aliphatic carbocycles. The number of nitrogens with one attached hydrogen (secondary N) is 3. The van der Waals surface area contributed by atoms with Crippen LogP contribution in [-0.2, 0) is 47.3 Å². The van der Waals surface area contributed by atoms with Gasteiger partial charge in [0.1, 0.15) is 71.3 Å². The first kappa shape index (κ1) is 65.0. The summed E-state index contributed by atoms with van der Waals surface area (Å²) in [6.07, 6.45) is -5.81. The third kappa shape index (κ3) is 15.0. The van der Waals surface area contributed by atoms with Crippen LogP contribution in [-0.4, -0.2) is 97.6 Å². The number of H-pyrrole nitrogens is 1. The van der Waals surface area contributed by atoms with E-state index in [-0.39, 0.29) is 53.9 Å². The number of amides is 2. The summed E-state index contributed by atoms with van der Waals surface area (Å²) < 4.78 is 94.7. The van der Waals surface area contributed by atoms with Crippen LogP contribution in [0.15, 0.2) is 186 Å². The molecular formula is C63H60Cl2N8O17P2. The van der Waals surface area contributed by atoms with E-state index in [1.165, 1.54) is 76.3 Å². The normalized spacial score (nSPS) is 19.4. The van der Waals surface area contributed by atoms with Crippen molar-refractivity contribution in [3.05, 3.63) is 229 Å². The van der Waals surface area contributed by atoms with Crippen molar-refractivity contribution in [2.75, 3.05) is 38.1 Å². The Hall–Kier alpha value is -8.55. The maximum absolute atomic E-state index is 16.0. The third-order valence-electron chi connectivity index (χ3n) is 14.9. The average molecular weight is 1330 g/mol. The second-order valence-corrected chi connectivity index (χ2v) is 25.1. The van der Waals surface area contributed by atoms with Gasteiger partial charge in [0, 0.05) is 40.6 Å². The minimum Gasteiger partial charge on any atom is -0.497 e. The molecule has 3 aromatic heterocycles. The number of halogens is 2. The number of hydrogen-bond acceptors (Lipinski definition) is 19. The highest BCUT2D eigenvalue weighted by atomic mass is 35.5. The van der Waals surface area contributed by atoms with Crippen LogP contribution in [0.3, 0.4) is 0 Å². The molecule has 0 radical (unpaired) electrons. The first-order valence-corrected chi connectivity index (χ1v) is 32.4. The topological polar surface area (TPSA) is 303 Å². The molecule has 2 aliphatic rings. The van der Waals surface area contributed by atoms with Crippen molar-refractivity contribution in [3.8, 4) is 23.0 Å². The number of rotatable bonds is 25. The number of benzene rings is 6. The lowest BCUT2D eigenvalue weighted by Crippen LogP contribution is -2.38. The van der Waals surface area contributed by atoms with E-state index in [1.807, 2.05) is 54.6 Å². The Balaban J connectivity index is 0.960. The Morgan fingerprint density at radius 1 is 0.674 bits per heavy atom. The Morgan fingerprint density at radius 3 is 1.78 bits per heavy atom. The zero-order valence-corrected chi connectivity index (χ0v) is 52.8. The number of methoxy groups -OCH3 is 2. The van der Waals surface area contributed by atoms with Crippen molar-refractivity contribution in [2.24, 2.45) is 5.92 Å². The summed E-state index contributed by atoms with van der Waals surface area (Å²) in [5, 5.41) is 5.84. The van der Waals surface area contributed by atoms with Gasteiger partial charge in [-0.05, 0) is 108 Å². The smallest absolute Gasteiger partial charge is 0.497 e. The van der Waals surface area contributed by atoms with Crippen molar-refractivity contribution in [1.29, 1.82) is 0 Å². The summed E-state index contributed by atoms with van der Waals surface area (Å²) in [7, 11) is -7.10. The standard InChI is InChI=1S/C63H60Cl2N8O17P2/c1-38(2)58(74)70-61-69-57-56(60(76)71-61)66-37-73(57)55-33-49(89-91(78,79)87-47-27-19-43(64)20-28-47)52(86-55)36-84-92(80,88-48-29-21-44(65)22-30-48)90-50-34-54(72-32-31-53(68-62(72)77)67-59(75)39-11-7-5-8-12-39)85-51(50)35-83-63(40-13-9-6-10-14-40,41-15-23-45(81-3)24-16-41)42-17-25-46(82-4)26-18-42/h5-32,37-38,49-52,54-55H,33-36H2,1-4H3,(H,78,79)(H,67,68,75,77)(H2,69,70,71,74,76)/t49-,50-,51+,52+,54+,55+,92?/m0/s1. The predicted octanol–water partition coefficient (Wildman–Crippen LogP) is 11.3. The Morgan fingerprint density at radius 2 is 1.21 bits per heavy atom. The number of aromatic amines is 1. The van der Waals surface area contributed by atoms with Gasteiger partial charge in [0.25, 0.3) is 11.5 Å². The fourth-order valence-corrected chi connectivity index (χ4v) is 13.0. The molecule has 2 amide bonds. The Bertz CT molecular complexity index is 4240. The molecule has 2 saturated heterocycles. The number of aromatic nitrogens is 6. The van der Waals surface area contributed by atoms with Crippen molar-refractivity contribution in [3.63, 3.8) is 0 Å². The molecule has 2 aliphatic heterocycles. The lowest BCUT2D eigenvalue weighted by atomic mass is 9.80. The maximum Gasteiger partial charge on any atom is 0.530 e. The number of carbonyl (C=O) groups is 2. The van der Waals surface area contributed by atoms with Gasteiger partial charge in [-0.2, -0.15) is 9.97 Å². The highest BCUT2D eigenvalue weighted by Gasteiger charge is 2.49. The Labute approximate surface area is 535 Å². The number of phosphoric ester groups is 2. The van der Waals surface area contributed by atoms with Crippen LogP contribution in [0.2, 0.25) is 10.0 Å². The van der Waals surface area contributed by atoms with E-state index in [9.17, 15) is 28.6 Å². The van der Waals surface area contributed by atoms with Gasteiger partial charge in [-0.15, -0.1) is 0 Å². The summed E-state index contributed by atoms with van der Waals surface area (Å²) in [5.74, 6) is -0.665. The first-order chi connectivity index (χ1) is 44.3. The van der Waals surface area contributed by atoms with Crippen LogP contribution < -0.4 is 40.4 Å². The SMILES string of the molecule is COc1ccc(C(OC[C@H]2O[C@@H](n3ccc(NC(=O)c4ccccc4)nc3=O)C[C@@H]2OP(=O)(OC[C@H]2O[C@@H](n3cnc4c(=O)[nH]c(NC(=O)C(C)C)nc43)C[C@@H]2OP(=O)(O)Oc2ccc(Cl)cc2)Oc2ccc(Cl)cc2)(c2ccccc2)c2ccc(OC)cc2)cc1. The fourth-order valence-electron chi connectivity index (χ4n) is 10.3. The lowest BCUT2D eigenvalue weighted by molar-refractivity contribution is -0.118. The number of carbonyl (C=O) groups excluding carboxylic acids is 2. The number of ether oxygens (including phenoxy) is 5. The van der Waals surface area contributed by atoms with E-state index >= 15 is 4.57 Å². The van der Waals surface area contributed by atoms with Gasteiger partial charge in [0.15, 0.2) is 11.2 Å². The molecule has 9 aromatic rings. The second kappa shape index (κ2) is 28.1. The minimum absolute atomic E-state index is 0.0487. The summed E-state index contributed by atoms with van der Waals surface area (Å²) in [4.78, 5) is 80.2. The zero-order valence-electron chi connectivity index (χ0n) is 49.5. The zero-order chi connectivity index (χ0) is 64.7. The van der Waals surface area contributed by atoms with Gasteiger partial charge in [-0.3, -0.25) is 52.3 Å². The summed E-state index contributed by atoms with van der Waals surface area (Å²) in [6, 6.07) is 45.1. The minimum atomic E-state index is -5.11. The maximum atomic E-state index is 16.0. The molecule has 0 bridgehead atoms. The largest absolute Gasteiger partial charge is 0.530 e. The molecule has 0 spiro atoms. The second-order valence-electron chi connectivity index (χ2n) is 21.3. The third-order valence-corrected chi connectivity index (χ3v) is 17.8. The van der Waals surface area contributed by atoms with E-state index in [1.54, 1.807) is 82.7 Å². The molecule has 11 rings (SSSR count). The first-order valence-electron chi connectivity index (χ1n) is 28.6. The fraction of sp³-hybridized carbons (Fsp3) is 0.254. The van der Waals surface area contributed by atoms with Crippen LogP contribution in [0.4, 0.5) is 11.8 Å². The Kier molecular flexibility index (Phi) is 19.9. The molecule has 29 heteroatoms. The summed E-state index contributed by atoms with van der Waals surface area (Å²) in [6.45, 7) is 2.18. The highest BCUT2D eigenvalue weighted by molar-refractivity contribution is 7.49. The predicted molar refractivity (Wildman–Crippen MR) is 337 cm³/mol. The molecule has 5 heterocycles. The average Bonchev–Trinajstić information content (AvgIpc) is 0.854. The van der Waals surface area contributed by atoms with Crippen LogP contribution >= 0.6 is 38.8 Å². The van der Waals surface area contributed by atoms with E-state index in [2.05, 4.69) is 30.6 Å². The molecular weight excluding hydrogens is 1270 g/mol. The van der Waals surface area contributed by atoms with Crippen LogP contribution in [0.25, 0.3) is 11.2 Å². The molecule has 4 N–H and O–H groups in total.